The minimum atomic E-state index is -3.09. The smallest absolute Gasteiger partial charge is 0.194 e. The van der Waals surface area contributed by atoms with Gasteiger partial charge in [0.1, 0.15) is 0 Å². The number of likely N-dealkylation sites (tertiary alicyclic amines) is 1. The highest BCUT2D eigenvalue weighted by molar-refractivity contribution is 14.0. The molecule has 0 aromatic heterocycles. The molecule has 2 rings (SSSR count). The van der Waals surface area contributed by atoms with Crippen molar-refractivity contribution in [3.05, 3.63) is 48.6 Å². The molecule has 0 unspecified atom stereocenters. The third kappa shape index (κ3) is 8.22. The fourth-order valence-corrected chi connectivity index (χ4v) is 4.14. The molecule has 1 saturated heterocycles. The summed E-state index contributed by atoms with van der Waals surface area (Å²) in [7, 11) is -3.09. The lowest BCUT2D eigenvalue weighted by atomic mass is 10.2. The number of benzene rings is 1. The normalized spacial score (nSPS) is 14.9. The molecule has 1 N–H and O–H groups in total. The molecule has 0 amide bonds. The zero-order valence-corrected chi connectivity index (χ0v) is 17.7. The highest BCUT2D eigenvalue weighted by Gasteiger charge is 2.16. The van der Waals surface area contributed by atoms with Crippen LogP contribution in [0.25, 0.3) is 0 Å². The number of guanidine groups is 1. The summed E-state index contributed by atoms with van der Waals surface area (Å²) < 4.78 is 24.4. The molecule has 0 radical (unpaired) electrons. The van der Waals surface area contributed by atoms with Gasteiger partial charge >= 0.3 is 0 Å². The lowest BCUT2D eigenvalue weighted by molar-refractivity contribution is 0.495. The molecule has 1 heterocycles. The monoisotopic (exact) mass is 477 g/mol. The van der Waals surface area contributed by atoms with Crippen molar-refractivity contribution in [3.63, 3.8) is 0 Å². The average Bonchev–Trinajstić information content (AvgIpc) is 3.09. The van der Waals surface area contributed by atoms with Gasteiger partial charge in [0, 0.05) is 26.2 Å². The third-order valence-corrected chi connectivity index (χ3v) is 5.60. The summed E-state index contributed by atoms with van der Waals surface area (Å²) in [5, 5.41) is 3.26. The van der Waals surface area contributed by atoms with Crippen LogP contribution < -0.4 is 5.32 Å². The quantitative estimate of drug-likeness (QED) is 0.206. The van der Waals surface area contributed by atoms with Crippen molar-refractivity contribution in [3.8, 4) is 0 Å². The van der Waals surface area contributed by atoms with Gasteiger partial charge in [0.25, 0.3) is 0 Å². The Hall–Kier alpha value is -1.09. The van der Waals surface area contributed by atoms with Gasteiger partial charge in [-0.05, 0) is 24.8 Å². The SMILES string of the molecule is C=CCNC(=NCCCS(=O)(=O)Cc1ccccc1)N1CCCC1.I. The van der Waals surface area contributed by atoms with Gasteiger partial charge in [-0.15, -0.1) is 30.6 Å². The summed E-state index contributed by atoms with van der Waals surface area (Å²) in [4.78, 5) is 6.80. The van der Waals surface area contributed by atoms with Gasteiger partial charge in [0.05, 0.1) is 11.5 Å². The van der Waals surface area contributed by atoms with Gasteiger partial charge in [-0.3, -0.25) is 4.99 Å². The largest absolute Gasteiger partial charge is 0.353 e. The number of rotatable bonds is 8. The van der Waals surface area contributed by atoms with Crippen molar-refractivity contribution in [1.82, 2.24) is 10.2 Å². The molecular weight excluding hydrogens is 449 g/mol. The van der Waals surface area contributed by atoms with Crippen LogP contribution in [0.1, 0.15) is 24.8 Å². The van der Waals surface area contributed by atoms with Crippen molar-refractivity contribution in [1.29, 1.82) is 0 Å². The number of hydrogen-bond acceptors (Lipinski definition) is 3. The molecule has 1 aliphatic heterocycles. The van der Waals surface area contributed by atoms with E-state index in [-0.39, 0.29) is 35.5 Å². The van der Waals surface area contributed by atoms with Crippen LogP contribution in [0.15, 0.2) is 48.0 Å². The predicted molar refractivity (Wildman–Crippen MR) is 115 cm³/mol. The first-order valence-corrected chi connectivity index (χ1v) is 10.3. The Labute approximate surface area is 168 Å². The average molecular weight is 477 g/mol. The molecular formula is C18H28IN3O2S. The number of nitrogens with zero attached hydrogens (tertiary/aromatic N) is 2. The zero-order chi connectivity index (χ0) is 17.3. The molecule has 0 bridgehead atoms. The fourth-order valence-electron chi connectivity index (χ4n) is 2.73. The Bertz CT molecular complexity index is 642. The minimum absolute atomic E-state index is 0. The van der Waals surface area contributed by atoms with E-state index in [9.17, 15) is 8.42 Å². The minimum Gasteiger partial charge on any atom is -0.353 e. The van der Waals surface area contributed by atoms with Gasteiger partial charge in [-0.2, -0.15) is 0 Å². The molecule has 7 heteroatoms. The van der Waals surface area contributed by atoms with E-state index in [2.05, 4.69) is 21.8 Å². The molecule has 0 spiro atoms. The molecule has 5 nitrogen and oxygen atoms in total. The molecule has 140 valence electrons. The number of aliphatic imine (C=N–C) groups is 1. The van der Waals surface area contributed by atoms with Crippen LogP contribution in [-0.2, 0) is 15.6 Å². The fraction of sp³-hybridized carbons (Fsp3) is 0.500. The molecule has 1 fully saturated rings. The van der Waals surface area contributed by atoms with E-state index in [1.165, 1.54) is 12.8 Å². The predicted octanol–water partition coefficient (Wildman–Crippen LogP) is 2.84. The number of nitrogens with one attached hydrogen (secondary N) is 1. The number of hydrogen-bond donors (Lipinski definition) is 1. The van der Waals surface area contributed by atoms with Crippen molar-refractivity contribution in [2.45, 2.75) is 25.0 Å². The number of halogens is 1. The Balaban J connectivity index is 0.00000312. The van der Waals surface area contributed by atoms with Crippen LogP contribution in [0.5, 0.6) is 0 Å². The van der Waals surface area contributed by atoms with Crippen molar-refractivity contribution in [2.24, 2.45) is 4.99 Å². The highest BCUT2D eigenvalue weighted by Crippen LogP contribution is 2.09. The van der Waals surface area contributed by atoms with Gasteiger partial charge < -0.3 is 10.2 Å². The summed E-state index contributed by atoms with van der Waals surface area (Å²) in [6.07, 6.45) is 4.71. The van der Waals surface area contributed by atoms with E-state index in [0.717, 1.165) is 24.6 Å². The van der Waals surface area contributed by atoms with Crippen LogP contribution in [0.2, 0.25) is 0 Å². The molecule has 25 heavy (non-hydrogen) atoms. The summed E-state index contributed by atoms with van der Waals surface area (Å²) in [5.74, 6) is 1.14. The Kier molecular flexibility index (Phi) is 10.1. The van der Waals surface area contributed by atoms with Crippen LogP contribution in [0.4, 0.5) is 0 Å². The third-order valence-electron chi connectivity index (χ3n) is 3.91. The van der Waals surface area contributed by atoms with E-state index < -0.39 is 9.84 Å². The lowest BCUT2D eigenvalue weighted by Gasteiger charge is -2.20. The van der Waals surface area contributed by atoms with E-state index >= 15 is 0 Å². The van der Waals surface area contributed by atoms with Crippen molar-refractivity contribution >= 4 is 39.8 Å². The molecule has 0 saturated carbocycles. The van der Waals surface area contributed by atoms with Gasteiger partial charge in [-0.25, -0.2) is 8.42 Å². The maximum atomic E-state index is 12.2. The van der Waals surface area contributed by atoms with Crippen LogP contribution in [-0.4, -0.2) is 51.2 Å². The van der Waals surface area contributed by atoms with E-state index in [4.69, 9.17) is 0 Å². The maximum Gasteiger partial charge on any atom is 0.194 e. The number of sulfone groups is 1. The maximum absolute atomic E-state index is 12.2. The first-order chi connectivity index (χ1) is 11.6. The highest BCUT2D eigenvalue weighted by atomic mass is 127. The molecule has 1 aliphatic rings. The van der Waals surface area contributed by atoms with Crippen LogP contribution >= 0.6 is 24.0 Å². The summed E-state index contributed by atoms with van der Waals surface area (Å²) in [5.41, 5.74) is 0.839. The summed E-state index contributed by atoms with van der Waals surface area (Å²) in [6.45, 7) is 6.92. The second-order valence-electron chi connectivity index (χ2n) is 6.00. The Morgan fingerprint density at radius 1 is 1.24 bits per heavy atom. The zero-order valence-electron chi connectivity index (χ0n) is 14.6. The van der Waals surface area contributed by atoms with Crippen molar-refractivity contribution < 1.29 is 8.42 Å². The first-order valence-electron chi connectivity index (χ1n) is 8.49. The second kappa shape index (κ2) is 11.5. The van der Waals surface area contributed by atoms with Crippen LogP contribution in [0, 0.1) is 0 Å². The summed E-state index contributed by atoms with van der Waals surface area (Å²) >= 11 is 0. The lowest BCUT2D eigenvalue weighted by Crippen LogP contribution is -2.39. The second-order valence-corrected chi connectivity index (χ2v) is 8.18. The standard InChI is InChI=1S/C18H27N3O2S.HI/c1-2-11-19-18(21-13-6-7-14-21)20-12-8-15-24(22,23)16-17-9-4-3-5-10-17;/h2-5,9-10H,1,6-8,11-16H2,(H,19,20);1H. The summed E-state index contributed by atoms with van der Waals surface area (Å²) in [6, 6.07) is 9.31. The van der Waals surface area contributed by atoms with Gasteiger partial charge in [0.2, 0.25) is 0 Å². The molecule has 1 aromatic carbocycles. The molecule has 1 aromatic rings. The molecule has 0 aliphatic carbocycles. The topological polar surface area (TPSA) is 61.8 Å². The van der Waals surface area contributed by atoms with Crippen LogP contribution in [0.3, 0.4) is 0 Å². The van der Waals surface area contributed by atoms with E-state index in [0.29, 0.717) is 19.5 Å². The van der Waals surface area contributed by atoms with E-state index in [1.54, 1.807) is 6.08 Å². The first kappa shape index (κ1) is 22.0. The van der Waals surface area contributed by atoms with Crippen molar-refractivity contribution in [2.75, 3.05) is 31.9 Å². The Morgan fingerprint density at radius 3 is 2.56 bits per heavy atom. The van der Waals surface area contributed by atoms with Gasteiger partial charge in [0.15, 0.2) is 15.8 Å². The van der Waals surface area contributed by atoms with E-state index in [1.807, 2.05) is 30.3 Å². The molecule has 0 atom stereocenters. The van der Waals surface area contributed by atoms with Gasteiger partial charge in [-0.1, -0.05) is 36.4 Å². The Morgan fingerprint density at radius 2 is 1.92 bits per heavy atom.